The van der Waals surface area contributed by atoms with Crippen LogP contribution in [0.3, 0.4) is 0 Å². The van der Waals surface area contributed by atoms with Crippen LogP contribution in [0, 0.1) is 0 Å². The second-order valence-electron chi connectivity index (χ2n) is 2.56. The number of benzene rings is 1. The molecular formula is C9H5ClO2S. The van der Waals surface area contributed by atoms with Crippen molar-refractivity contribution >= 4 is 39.0 Å². The molecule has 0 amide bonds. The van der Waals surface area contributed by atoms with E-state index in [1.807, 2.05) is 11.4 Å². The summed E-state index contributed by atoms with van der Waals surface area (Å²) >= 11 is 7.28. The second kappa shape index (κ2) is 3.01. The van der Waals surface area contributed by atoms with Gasteiger partial charge < -0.3 is 5.11 Å². The number of thiophene rings is 1. The van der Waals surface area contributed by atoms with E-state index in [9.17, 15) is 4.79 Å². The molecule has 1 heterocycles. The van der Waals surface area contributed by atoms with Gasteiger partial charge in [-0.2, -0.15) is 0 Å². The first kappa shape index (κ1) is 8.53. The molecule has 66 valence electrons. The van der Waals surface area contributed by atoms with Gasteiger partial charge in [-0.15, -0.1) is 11.3 Å². The number of hydrogen-bond acceptors (Lipinski definition) is 2. The van der Waals surface area contributed by atoms with E-state index in [1.165, 1.54) is 11.3 Å². The van der Waals surface area contributed by atoms with Crippen LogP contribution in [0.1, 0.15) is 10.4 Å². The third-order valence-corrected chi connectivity index (χ3v) is 3.00. The third-order valence-electron chi connectivity index (χ3n) is 1.80. The molecule has 13 heavy (non-hydrogen) atoms. The number of hydrogen-bond donors (Lipinski definition) is 1. The zero-order valence-corrected chi connectivity index (χ0v) is 8.02. The van der Waals surface area contributed by atoms with Crippen LogP contribution in [-0.4, -0.2) is 11.1 Å². The normalized spacial score (nSPS) is 10.5. The lowest BCUT2D eigenvalue weighted by molar-refractivity contribution is 0.0699. The Bertz CT molecular complexity index is 475. The van der Waals surface area contributed by atoms with Crippen LogP contribution in [0.5, 0.6) is 0 Å². The van der Waals surface area contributed by atoms with Gasteiger partial charge in [0.25, 0.3) is 0 Å². The summed E-state index contributed by atoms with van der Waals surface area (Å²) < 4.78 is 0.946. The number of aromatic carboxylic acids is 1. The molecule has 1 N–H and O–H groups in total. The highest BCUT2D eigenvalue weighted by molar-refractivity contribution is 7.17. The molecule has 0 aliphatic rings. The van der Waals surface area contributed by atoms with Gasteiger partial charge in [-0.3, -0.25) is 0 Å². The summed E-state index contributed by atoms with van der Waals surface area (Å²) in [6.07, 6.45) is 0. The molecule has 0 unspecified atom stereocenters. The Hall–Kier alpha value is -1.06. The summed E-state index contributed by atoms with van der Waals surface area (Å²) in [6, 6.07) is 5.22. The molecule has 1 aromatic carbocycles. The molecule has 4 heteroatoms. The smallest absolute Gasteiger partial charge is 0.337 e. The van der Waals surface area contributed by atoms with E-state index in [-0.39, 0.29) is 5.56 Å². The lowest BCUT2D eigenvalue weighted by Gasteiger charge is -1.99. The lowest BCUT2D eigenvalue weighted by Crippen LogP contribution is -1.97. The van der Waals surface area contributed by atoms with Crippen molar-refractivity contribution < 1.29 is 9.90 Å². The number of carboxylic acid groups (broad SMARTS) is 1. The molecule has 0 radical (unpaired) electrons. The largest absolute Gasteiger partial charge is 0.478 e. The molecule has 0 spiro atoms. The van der Waals surface area contributed by atoms with Gasteiger partial charge in [-0.25, -0.2) is 4.79 Å². The Morgan fingerprint density at radius 2 is 2.15 bits per heavy atom. The number of carbonyl (C=O) groups is 1. The summed E-state index contributed by atoms with van der Waals surface area (Å²) in [5, 5.41) is 11.8. The van der Waals surface area contributed by atoms with E-state index in [1.54, 1.807) is 12.1 Å². The zero-order chi connectivity index (χ0) is 9.42. The molecule has 2 aromatic rings. The second-order valence-corrected chi connectivity index (χ2v) is 3.91. The van der Waals surface area contributed by atoms with Crippen LogP contribution in [-0.2, 0) is 0 Å². The van der Waals surface area contributed by atoms with Crippen LogP contribution in [0.15, 0.2) is 23.6 Å². The van der Waals surface area contributed by atoms with Gasteiger partial charge >= 0.3 is 5.97 Å². The maximum absolute atomic E-state index is 10.9. The van der Waals surface area contributed by atoms with Crippen LogP contribution < -0.4 is 0 Å². The lowest BCUT2D eigenvalue weighted by atomic mass is 10.1. The van der Waals surface area contributed by atoms with E-state index in [2.05, 4.69) is 0 Å². The summed E-state index contributed by atoms with van der Waals surface area (Å²) in [5.74, 6) is -0.978. The molecule has 0 aliphatic carbocycles. The van der Waals surface area contributed by atoms with E-state index in [0.717, 1.165) is 4.70 Å². The van der Waals surface area contributed by atoms with Crippen molar-refractivity contribution in [1.29, 1.82) is 0 Å². The first-order chi connectivity index (χ1) is 6.20. The van der Waals surface area contributed by atoms with E-state index >= 15 is 0 Å². The molecule has 0 atom stereocenters. The quantitative estimate of drug-likeness (QED) is 0.788. The van der Waals surface area contributed by atoms with Crippen LogP contribution in [0.4, 0.5) is 0 Å². The SMILES string of the molecule is O=C(O)c1c(Cl)ccc2sccc12. The summed E-state index contributed by atoms with van der Waals surface area (Å²) in [5.41, 5.74) is 0.195. The Kier molecular flexibility index (Phi) is 1.98. The van der Waals surface area contributed by atoms with Crippen LogP contribution in [0.25, 0.3) is 10.1 Å². The number of carboxylic acids is 1. The van der Waals surface area contributed by atoms with Crippen molar-refractivity contribution in [2.45, 2.75) is 0 Å². The predicted molar refractivity (Wildman–Crippen MR) is 53.8 cm³/mol. The molecule has 0 fully saturated rings. The minimum atomic E-state index is -0.978. The summed E-state index contributed by atoms with van der Waals surface area (Å²) in [7, 11) is 0. The standard InChI is InChI=1S/C9H5ClO2S/c10-6-1-2-7-5(3-4-13-7)8(6)9(11)12/h1-4H,(H,11,12). The first-order valence-electron chi connectivity index (χ1n) is 3.59. The van der Waals surface area contributed by atoms with E-state index in [4.69, 9.17) is 16.7 Å². The van der Waals surface area contributed by atoms with Crippen LogP contribution in [0.2, 0.25) is 5.02 Å². The number of fused-ring (bicyclic) bond motifs is 1. The van der Waals surface area contributed by atoms with Crippen molar-refractivity contribution in [3.8, 4) is 0 Å². The number of halogens is 1. The molecule has 2 rings (SSSR count). The third kappa shape index (κ3) is 1.30. The Morgan fingerprint density at radius 3 is 2.85 bits per heavy atom. The maximum atomic E-state index is 10.9. The van der Waals surface area contributed by atoms with Gasteiger partial charge in [0.2, 0.25) is 0 Å². The van der Waals surface area contributed by atoms with Gasteiger partial charge in [0.1, 0.15) is 0 Å². The van der Waals surface area contributed by atoms with Gasteiger partial charge in [0.05, 0.1) is 10.6 Å². The van der Waals surface area contributed by atoms with E-state index in [0.29, 0.717) is 10.4 Å². The number of rotatable bonds is 1. The van der Waals surface area contributed by atoms with Gasteiger partial charge in [-0.05, 0) is 23.6 Å². The molecule has 0 saturated heterocycles. The monoisotopic (exact) mass is 212 g/mol. The maximum Gasteiger partial charge on any atom is 0.337 e. The minimum absolute atomic E-state index is 0.195. The zero-order valence-electron chi connectivity index (χ0n) is 6.45. The minimum Gasteiger partial charge on any atom is -0.478 e. The van der Waals surface area contributed by atoms with Crippen molar-refractivity contribution in [3.63, 3.8) is 0 Å². The van der Waals surface area contributed by atoms with Gasteiger partial charge in [-0.1, -0.05) is 11.6 Å². The summed E-state index contributed by atoms with van der Waals surface area (Å²) in [4.78, 5) is 10.9. The Morgan fingerprint density at radius 1 is 1.38 bits per heavy atom. The first-order valence-corrected chi connectivity index (χ1v) is 4.85. The topological polar surface area (TPSA) is 37.3 Å². The molecule has 0 bridgehead atoms. The Labute approximate surface area is 83.4 Å². The fourth-order valence-electron chi connectivity index (χ4n) is 1.23. The van der Waals surface area contributed by atoms with Gasteiger partial charge in [0, 0.05) is 10.1 Å². The molecular weight excluding hydrogens is 208 g/mol. The van der Waals surface area contributed by atoms with E-state index < -0.39 is 5.97 Å². The average Bonchev–Trinajstić information content (AvgIpc) is 2.50. The van der Waals surface area contributed by atoms with Crippen molar-refractivity contribution in [3.05, 3.63) is 34.2 Å². The molecule has 0 aliphatic heterocycles. The van der Waals surface area contributed by atoms with Crippen LogP contribution >= 0.6 is 22.9 Å². The average molecular weight is 213 g/mol. The molecule has 0 saturated carbocycles. The highest BCUT2D eigenvalue weighted by Gasteiger charge is 2.13. The highest BCUT2D eigenvalue weighted by Crippen LogP contribution is 2.29. The fraction of sp³-hybridized carbons (Fsp3) is 0. The van der Waals surface area contributed by atoms with Crippen molar-refractivity contribution in [1.82, 2.24) is 0 Å². The fourth-order valence-corrected chi connectivity index (χ4v) is 2.27. The van der Waals surface area contributed by atoms with Gasteiger partial charge in [0.15, 0.2) is 0 Å². The molecule has 1 aromatic heterocycles. The Balaban J connectivity index is 2.88. The predicted octanol–water partition coefficient (Wildman–Crippen LogP) is 3.25. The van der Waals surface area contributed by atoms with Crippen molar-refractivity contribution in [2.24, 2.45) is 0 Å². The highest BCUT2D eigenvalue weighted by atomic mass is 35.5. The van der Waals surface area contributed by atoms with Crippen molar-refractivity contribution in [2.75, 3.05) is 0 Å². The molecule has 2 nitrogen and oxygen atoms in total. The summed E-state index contributed by atoms with van der Waals surface area (Å²) in [6.45, 7) is 0.